The smallest absolute Gasteiger partial charge is 0.261 e. The molecule has 0 spiro atoms. The number of aromatic nitrogens is 2. The van der Waals surface area contributed by atoms with Crippen molar-refractivity contribution in [3.63, 3.8) is 0 Å². The summed E-state index contributed by atoms with van der Waals surface area (Å²) in [6.07, 6.45) is 0. The second-order valence-electron chi connectivity index (χ2n) is 6.16. The quantitative estimate of drug-likeness (QED) is 0.737. The van der Waals surface area contributed by atoms with Gasteiger partial charge in [-0.1, -0.05) is 42.5 Å². The molecule has 25 heavy (non-hydrogen) atoms. The van der Waals surface area contributed by atoms with Crippen LogP contribution >= 0.6 is 0 Å². The molecule has 1 atom stereocenters. The van der Waals surface area contributed by atoms with Crippen LogP contribution in [0.5, 0.6) is 0 Å². The van der Waals surface area contributed by atoms with E-state index in [0.717, 1.165) is 5.56 Å². The number of para-hydroxylation sites is 1. The van der Waals surface area contributed by atoms with Gasteiger partial charge in [-0.25, -0.2) is 4.98 Å². The van der Waals surface area contributed by atoms with E-state index in [4.69, 9.17) is 0 Å². The van der Waals surface area contributed by atoms with Gasteiger partial charge in [0.15, 0.2) is 0 Å². The third-order valence-corrected chi connectivity index (χ3v) is 4.60. The van der Waals surface area contributed by atoms with E-state index in [9.17, 15) is 9.59 Å². The van der Waals surface area contributed by atoms with Crippen molar-refractivity contribution in [1.82, 2.24) is 14.5 Å². The summed E-state index contributed by atoms with van der Waals surface area (Å²) in [6, 6.07) is 16.9. The van der Waals surface area contributed by atoms with Crippen molar-refractivity contribution in [3.05, 3.63) is 76.3 Å². The van der Waals surface area contributed by atoms with Crippen molar-refractivity contribution >= 4 is 16.8 Å². The maximum Gasteiger partial charge on any atom is 0.261 e. The zero-order chi connectivity index (χ0) is 18.0. The normalized spacial score (nSPS) is 12.1. The summed E-state index contributed by atoms with van der Waals surface area (Å²) in [5.41, 5.74) is 1.52. The number of fused-ring (bicyclic) bond motifs is 1. The second-order valence-corrected chi connectivity index (χ2v) is 6.16. The average Bonchev–Trinajstić information content (AvgIpc) is 2.64. The standard InChI is InChI=1S/C20H21N3O2/c1-14(16-9-5-4-6-10-16)22(3)19(24)13-23-15(2)21-18-12-8-7-11-17(18)20(23)25/h4-12,14H,13H2,1-3H3/t14-/m1/s1. The molecule has 0 aliphatic heterocycles. The molecule has 0 radical (unpaired) electrons. The molecular weight excluding hydrogens is 314 g/mol. The fraction of sp³-hybridized carbons (Fsp3) is 0.250. The van der Waals surface area contributed by atoms with Crippen LogP contribution in [0.15, 0.2) is 59.4 Å². The van der Waals surface area contributed by atoms with Crippen molar-refractivity contribution < 1.29 is 4.79 Å². The summed E-state index contributed by atoms with van der Waals surface area (Å²) >= 11 is 0. The minimum absolute atomic E-state index is 0.0177. The second kappa shape index (κ2) is 6.89. The first-order valence-corrected chi connectivity index (χ1v) is 8.26. The summed E-state index contributed by atoms with van der Waals surface area (Å²) in [5.74, 6) is 0.413. The zero-order valence-corrected chi connectivity index (χ0v) is 14.6. The topological polar surface area (TPSA) is 55.2 Å². The van der Waals surface area contributed by atoms with Gasteiger partial charge in [0.05, 0.1) is 16.9 Å². The minimum atomic E-state index is -0.183. The zero-order valence-electron chi connectivity index (χ0n) is 14.6. The van der Waals surface area contributed by atoms with Gasteiger partial charge in [-0.2, -0.15) is 0 Å². The summed E-state index contributed by atoms with van der Waals surface area (Å²) in [4.78, 5) is 31.5. The number of likely N-dealkylation sites (N-methyl/N-ethyl adjacent to an activating group) is 1. The Kier molecular flexibility index (Phi) is 4.65. The Labute approximate surface area is 146 Å². The van der Waals surface area contributed by atoms with Crippen molar-refractivity contribution in [2.75, 3.05) is 7.05 Å². The predicted molar refractivity (Wildman–Crippen MR) is 98.4 cm³/mol. The lowest BCUT2D eigenvalue weighted by molar-refractivity contribution is -0.132. The predicted octanol–water partition coefficient (Wildman–Crippen LogP) is 2.92. The molecular formula is C20H21N3O2. The van der Waals surface area contributed by atoms with Crippen LogP contribution in [0.3, 0.4) is 0 Å². The lowest BCUT2D eigenvalue weighted by atomic mass is 10.1. The third kappa shape index (κ3) is 3.31. The molecule has 0 N–H and O–H groups in total. The van der Waals surface area contributed by atoms with Crippen LogP contribution in [0.1, 0.15) is 24.4 Å². The average molecular weight is 335 g/mol. The van der Waals surface area contributed by atoms with E-state index >= 15 is 0 Å². The van der Waals surface area contributed by atoms with E-state index in [2.05, 4.69) is 4.98 Å². The van der Waals surface area contributed by atoms with E-state index in [1.807, 2.05) is 43.3 Å². The summed E-state index contributed by atoms with van der Waals surface area (Å²) in [7, 11) is 1.76. The van der Waals surface area contributed by atoms with Crippen LogP contribution in [-0.2, 0) is 11.3 Å². The molecule has 0 aliphatic rings. The molecule has 5 heteroatoms. The number of carbonyl (C=O) groups is 1. The van der Waals surface area contributed by atoms with Crippen molar-refractivity contribution in [3.8, 4) is 0 Å². The van der Waals surface area contributed by atoms with E-state index in [-0.39, 0.29) is 24.1 Å². The minimum Gasteiger partial charge on any atom is -0.337 e. The van der Waals surface area contributed by atoms with Crippen LogP contribution in [0.4, 0.5) is 0 Å². The number of aryl methyl sites for hydroxylation is 1. The number of nitrogens with zero attached hydrogens (tertiary/aromatic N) is 3. The van der Waals surface area contributed by atoms with Crippen LogP contribution in [0.25, 0.3) is 10.9 Å². The highest BCUT2D eigenvalue weighted by atomic mass is 16.2. The monoisotopic (exact) mass is 335 g/mol. The highest BCUT2D eigenvalue weighted by molar-refractivity contribution is 5.79. The summed E-state index contributed by atoms with van der Waals surface area (Å²) in [6.45, 7) is 3.71. The Balaban J connectivity index is 1.88. The molecule has 3 rings (SSSR count). The first-order valence-electron chi connectivity index (χ1n) is 8.26. The number of hydrogen-bond acceptors (Lipinski definition) is 3. The van der Waals surface area contributed by atoms with E-state index in [1.165, 1.54) is 4.57 Å². The summed E-state index contributed by atoms with van der Waals surface area (Å²) < 4.78 is 1.44. The van der Waals surface area contributed by atoms with Crippen molar-refractivity contribution in [1.29, 1.82) is 0 Å². The molecule has 1 heterocycles. The van der Waals surface area contributed by atoms with Gasteiger partial charge >= 0.3 is 0 Å². The van der Waals surface area contributed by atoms with Gasteiger partial charge in [0.2, 0.25) is 5.91 Å². The first-order chi connectivity index (χ1) is 12.0. The third-order valence-electron chi connectivity index (χ3n) is 4.60. The largest absolute Gasteiger partial charge is 0.337 e. The molecule has 2 aromatic carbocycles. The molecule has 0 fully saturated rings. The van der Waals surface area contributed by atoms with Gasteiger partial charge in [-0.15, -0.1) is 0 Å². The van der Waals surface area contributed by atoms with E-state index in [0.29, 0.717) is 16.7 Å². The van der Waals surface area contributed by atoms with Crippen LogP contribution < -0.4 is 5.56 Å². The van der Waals surface area contributed by atoms with Crippen molar-refractivity contribution in [2.45, 2.75) is 26.4 Å². The van der Waals surface area contributed by atoms with Gasteiger partial charge < -0.3 is 4.90 Å². The molecule has 0 saturated heterocycles. The number of hydrogen-bond donors (Lipinski definition) is 0. The highest BCUT2D eigenvalue weighted by Gasteiger charge is 2.19. The SMILES string of the molecule is Cc1nc2ccccc2c(=O)n1CC(=O)N(C)[C@H](C)c1ccccc1. The fourth-order valence-electron chi connectivity index (χ4n) is 2.88. The van der Waals surface area contributed by atoms with E-state index in [1.54, 1.807) is 37.1 Å². The van der Waals surface area contributed by atoms with Gasteiger partial charge in [0.1, 0.15) is 12.4 Å². The molecule has 1 amide bonds. The Bertz CT molecular complexity index is 964. The number of amides is 1. The molecule has 0 aliphatic carbocycles. The van der Waals surface area contributed by atoms with Crippen molar-refractivity contribution in [2.24, 2.45) is 0 Å². The molecule has 3 aromatic rings. The van der Waals surface area contributed by atoms with Crippen LogP contribution in [-0.4, -0.2) is 27.4 Å². The van der Waals surface area contributed by atoms with Gasteiger partial charge in [-0.05, 0) is 31.5 Å². The van der Waals surface area contributed by atoms with Crippen LogP contribution in [0.2, 0.25) is 0 Å². The Morgan fingerprint density at radius 3 is 2.48 bits per heavy atom. The Morgan fingerprint density at radius 1 is 1.12 bits per heavy atom. The van der Waals surface area contributed by atoms with E-state index < -0.39 is 0 Å². The molecule has 0 saturated carbocycles. The number of benzene rings is 2. The first kappa shape index (κ1) is 16.9. The maximum absolute atomic E-state index is 12.7. The molecule has 0 unspecified atom stereocenters. The lowest BCUT2D eigenvalue weighted by Gasteiger charge is -2.26. The molecule has 5 nitrogen and oxygen atoms in total. The Morgan fingerprint density at radius 2 is 1.76 bits per heavy atom. The highest BCUT2D eigenvalue weighted by Crippen LogP contribution is 2.18. The fourth-order valence-corrected chi connectivity index (χ4v) is 2.88. The lowest BCUT2D eigenvalue weighted by Crippen LogP contribution is -2.36. The Hall–Kier alpha value is -2.95. The molecule has 1 aromatic heterocycles. The molecule has 0 bridgehead atoms. The van der Waals surface area contributed by atoms with Gasteiger partial charge in [0.25, 0.3) is 5.56 Å². The summed E-state index contributed by atoms with van der Waals surface area (Å²) in [5, 5.41) is 0.527. The van der Waals surface area contributed by atoms with Gasteiger partial charge in [0, 0.05) is 7.05 Å². The number of rotatable bonds is 4. The van der Waals surface area contributed by atoms with Crippen LogP contribution in [0, 0.1) is 6.92 Å². The maximum atomic E-state index is 12.7. The van der Waals surface area contributed by atoms with Gasteiger partial charge in [-0.3, -0.25) is 14.2 Å². The number of carbonyl (C=O) groups excluding carboxylic acids is 1. The molecule has 128 valence electrons.